The third-order valence-corrected chi connectivity index (χ3v) is 3.89. The number of likely N-dealkylation sites (tertiary alicyclic amines) is 1. The summed E-state index contributed by atoms with van der Waals surface area (Å²) >= 11 is 0. The molecular weight excluding hydrogens is 358 g/mol. The van der Waals surface area contributed by atoms with Crippen molar-refractivity contribution in [2.75, 3.05) is 13.1 Å². The van der Waals surface area contributed by atoms with Gasteiger partial charge in [0.05, 0.1) is 19.2 Å². The minimum absolute atomic E-state index is 0. The summed E-state index contributed by atoms with van der Waals surface area (Å²) < 4.78 is 13.3. The number of nitriles is 1. The average molecular weight is 372 g/mol. The van der Waals surface area contributed by atoms with Gasteiger partial charge in [-0.25, -0.2) is 4.39 Å². The summed E-state index contributed by atoms with van der Waals surface area (Å²) in [4.78, 5) is 28.4. The van der Waals surface area contributed by atoms with Gasteiger partial charge in [0, 0.05) is 35.0 Å². The molecule has 1 unspecified atom stereocenters. The van der Waals surface area contributed by atoms with Crippen LogP contribution in [0, 0.1) is 17.4 Å². The fourth-order valence-corrected chi connectivity index (χ4v) is 2.73. The molecule has 2 heterocycles. The Balaban J connectivity index is 0.00000208. The number of aromatic amines is 1. The fraction of sp³-hybridized carbons (Fsp3) is 0.312. The second-order valence-corrected chi connectivity index (χ2v) is 5.38. The summed E-state index contributed by atoms with van der Waals surface area (Å²) in [6, 6.07) is 9.24. The van der Waals surface area contributed by atoms with Gasteiger partial charge in [0.15, 0.2) is 0 Å². The minimum atomic E-state index is -1.19. The van der Waals surface area contributed by atoms with Crippen LogP contribution in [0.25, 0.3) is 10.9 Å². The Bertz CT molecular complexity index is 801. The molecule has 0 spiro atoms. The molecule has 1 aromatic heterocycles. The van der Waals surface area contributed by atoms with E-state index < -0.39 is 24.0 Å². The number of halogens is 1. The number of hydrogen-bond acceptors (Lipinski definition) is 3. The zero-order valence-corrected chi connectivity index (χ0v) is 13.5. The van der Waals surface area contributed by atoms with E-state index in [0.29, 0.717) is 10.9 Å². The summed E-state index contributed by atoms with van der Waals surface area (Å²) in [5, 5.41) is 12.2. The van der Waals surface area contributed by atoms with Gasteiger partial charge < -0.3 is 15.2 Å². The van der Waals surface area contributed by atoms with Crippen LogP contribution in [0.3, 0.4) is 0 Å². The smallest absolute Gasteiger partial charge is 0.243 e. The first kappa shape index (κ1) is 18.0. The van der Waals surface area contributed by atoms with Crippen molar-refractivity contribution in [2.45, 2.75) is 18.6 Å². The average Bonchev–Trinajstić information content (AvgIpc) is 3.15. The fourth-order valence-electron chi connectivity index (χ4n) is 2.73. The summed E-state index contributed by atoms with van der Waals surface area (Å²) in [7, 11) is 0. The van der Waals surface area contributed by atoms with Crippen molar-refractivity contribution in [1.29, 1.82) is 5.26 Å². The molecule has 1 aromatic carbocycles. The summed E-state index contributed by atoms with van der Waals surface area (Å²) in [6.45, 7) is -0.373. The summed E-state index contributed by atoms with van der Waals surface area (Å²) in [6.07, 6.45) is 0.390. The van der Waals surface area contributed by atoms with E-state index in [1.807, 2.05) is 6.07 Å². The van der Waals surface area contributed by atoms with Crippen LogP contribution in [-0.4, -0.2) is 47.0 Å². The third-order valence-electron chi connectivity index (χ3n) is 3.89. The van der Waals surface area contributed by atoms with Gasteiger partial charge in [-0.2, -0.15) is 23.5 Å². The molecular formula is C16H14CoFN4O2-. The van der Waals surface area contributed by atoms with Crippen LogP contribution in [-0.2, 0) is 21.6 Å². The van der Waals surface area contributed by atoms with Crippen molar-refractivity contribution in [2.24, 2.45) is 0 Å². The van der Waals surface area contributed by atoms with E-state index in [9.17, 15) is 14.0 Å². The van der Waals surface area contributed by atoms with Gasteiger partial charge in [-0.05, 0) is 0 Å². The predicted octanol–water partition coefficient (Wildman–Crippen LogP) is 1.16. The number of carbonyl (C=O) groups excluding carboxylic acids is 2. The Hall–Kier alpha value is -2.37. The maximum absolute atomic E-state index is 13.3. The molecule has 1 fully saturated rings. The first-order valence-electron chi connectivity index (χ1n) is 7.18. The molecule has 1 aliphatic heterocycles. The number of fused-ring (bicyclic) bond motifs is 1. The van der Waals surface area contributed by atoms with Crippen LogP contribution in [0.15, 0.2) is 24.4 Å². The van der Waals surface area contributed by atoms with Crippen molar-refractivity contribution < 1.29 is 30.8 Å². The molecule has 8 heteroatoms. The number of benzene rings is 1. The van der Waals surface area contributed by atoms with E-state index in [-0.39, 0.29) is 36.3 Å². The maximum Gasteiger partial charge on any atom is 0.243 e. The topological polar surface area (TPSA) is 89.0 Å². The zero-order chi connectivity index (χ0) is 16.4. The van der Waals surface area contributed by atoms with Crippen LogP contribution >= 0.6 is 0 Å². The van der Waals surface area contributed by atoms with Gasteiger partial charge in [0.25, 0.3) is 0 Å². The number of alkyl halides is 1. The minimum Gasteiger partial charge on any atom is -0.384 e. The quantitative estimate of drug-likeness (QED) is 0.793. The zero-order valence-electron chi connectivity index (χ0n) is 12.5. The van der Waals surface area contributed by atoms with Gasteiger partial charge in [-0.1, -0.05) is 10.9 Å². The van der Waals surface area contributed by atoms with Gasteiger partial charge in [-0.15, -0.1) is 6.07 Å². The monoisotopic (exact) mass is 372 g/mol. The van der Waals surface area contributed by atoms with Crippen LogP contribution in [0.1, 0.15) is 16.8 Å². The molecule has 2 aromatic rings. The Kier molecular flexibility index (Phi) is 5.59. The molecule has 1 saturated heterocycles. The first-order chi connectivity index (χ1) is 11.1. The summed E-state index contributed by atoms with van der Waals surface area (Å²) in [5.74, 6) is -0.870. The number of rotatable bonds is 3. The third kappa shape index (κ3) is 3.42. The van der Waals surface area contributed by atoms with Crippen molar-refractivity contribution in [3.05, 3.63) is 36.0 Å². The second kappa shape index (κ2) is 7.46. The Morgan fingerprint density at radius 2 is 2.33 bits per heavy atom. The molecule has 127 valence electrons. The Labute approximate surface area is 148 Å². The molecule has 1 radical (unpaired) electrons. The SMILES string of the molecule is N#C[C@@H]1CC(F)CN1C(=O)CNC(=O)c1c[nH]c2cc[c-]cc12.[Co]. The predicted molar refractivity (Wildman–Crippen MR) is 80.1 cm³/mol. The van der Waals surface area contributed by atoms with Crippen molar-refractivity contribution >= 4 is 22.7 Å². The second-order valence-electron chi connectivity index (χ2n) is 5.38. The van der Waals surface area contributed by atoms with Crippen molar-refractivity contribution in [1.82, 2.24) is 15.2 Å². The number of H-pyrrole nitrogens is 1. The van der Waals surface area contributed by atoms with E-state index in [1.165, 1.54) is 4.90 Å². The molecule has 0 aliphatic carbocycles. The van der Waals surface area contributed by atoms with E-state index in [4.69, 9.17) is 5.26 Å². The molecule has 3 rings (SSSR count). The normalized spacial score (nSPS) is 19.6. The van der Waals surface area contributed by atoms with Gasteiger partial charge >= 0.3 is 0 Å². The van der Waals surface area contributed by atoms with Crippen LogP contribution in [0.4, 0.5) is 4.39 Å². The number of amides is 2. The maximum atomic E-state index is 13.3. The van der Waals surface area contributed by atoms with E-state index in [1.54, 1.807) is 24.4 Å². The van der Waals surface area contributed by atoms with Crippen LogP contribution in [0.2, 0.25) is 0 Å². The molecule has 0 bridgehead atoms. The molecule has 2 amide bonds. The molecule has 2 atom stereocenters. The number of aromatic nitrogens is 1. The molecule has 0 saturated carbocycles. The van der Waals surface area contributed by atoms with Gasteiger partial charge in [0.2, 0.25) is 11.8 Å². The van der Waals surface area contributed by atoms with Crippen LogP contribution in [0.5, 0.6) is 0 Å². The molecule has 6 nitrogen and oxygen atoms in total. The first-order valence-corrected chi connectivity index (χ1v) is 7.18. The molecule has 1 aliphatic rings. The van der Waals surface area contributed by atoms with Crippen molar-refractivity contribution in [3.8, 4) is 6.07 Å². The van der Waals surface area contributed by atoms with Gasteiger partial charge in [-0.3, -0.25) is 9.59 Å². The van der Waals surface area contributed by atoms with Crippen molar-refractivity contribution in [3.63, 3.8) is 0 Å². The van der Waals surface area contributed by atoms with E-state index in [2.05, 4.69) is 16.4 Å². The molecule has 2 N–H and O–H groups in total. The molecule has 24 heavy (non-hydrogen) atoms. The number of hydrogen-bond donors (Lipinski definition) is 2. The van der Waals surface area contributed by atoms with Gasteiger partial charge in [0.1, 0.15) is 12.2 Å². The van der Waals surface area contributed by atoms with E-state index >= 15 is 0 Å². The Morgan fingerprint density at radius 1 is 1.54 bits per heavy atom. The Morgan fingerprint density at radius 3 is 3.08 bits per heavy atom. The number of carbonyl (C=O) groups is 2. The number of nitrogens with one attached hydrogen (secondary N) is 2. The number of nitrogens with zero attached hydrogens (tertiary/aromatic N) is 2. The van der Waals surface area contributed by atoms with Crippen LogP contribution < -0.4 is 5.32 Å². The van der Waals surface area contributed by atoms with E-state index in [0.717, 1.165) is 5.52 Å². The standard InChI is InChI=1S/C16H14FN4O2.Co/c17-10-5-11(6-18)21(9-10)15(22)8-20-16(23)13-7-19-14-4-2-1-3-12(13)14;/h2-4,7,10-11,19H,5,8-9H2,(H,20,23);/q-1;/t10?,11-;/m0./s1. The summed E-state index contributed by atoms with van der Waals surface area (Å²) in [5.41, 5.74) is 1.20. The largest absolute Gasteiger partial charge is 0.384 e.